The highest BCUT2D eigenvalue weighted by Gasteiger charge is 2.20. The van der Waals surface area contributed by atoms with E-state index in [0.717, 1.165) is 57.1 Å². The number of urea groups is 1. The van der Waals surface area contributed by atoms with Gasteiger partial charge in [-0.3, -0.25) is 9.80 Å². The highest BCUT2D eigenvalue weighted by molar-refractivity contribution is 5.99. The number of piperazine rings is 1. The first kappa shape index (κ1) is 25.5. The fraction of sp³-hybridized carbons (Fsp3) is 0.407. The van der Waals surface area contributed by atoms with Gasteiger partial charge in [-0.15, -0.1) is 0 Å². The Morgan fingerprint density at radius 1 is 1.08 bits per heavy atom. The Morgan fingerprint density at radius 3 is 2.61 bits per heavy atom. The second kappa shape index (κ2) is 12.9. The number of amides is 2. The highest BCUT2D eigenvalue weighted by Crippen LogP contribution is 2.35. The van der Waals surface area contributed by atoms with Crippen LogP contribution in [0.4, 0.5) is 16.2 Å². The lowest BCUT2D eigenvalue weighted by atomic mass is 10.2. The highest BCUT2D eigenvalue weighted by atomic mass is 16.5. The average molecular weight is 493 g/mol. The minimum Gasteiger partial charge on any atom is -0.493 e. The van der Waals surface area contributed by atoms with Gasteiger partial charge < -0.3 is 24.7 Å². The van der Waals surface area contributed by atoms with E-state index in [2.05, 4.69) is 25.1 Å². The molecule has 9 nitrogen and oxygen atoms in total. The summed E-state index contributed by atoms with van der Waals surface area (Å²) in [6.45, 7) is 8.89. The van der Waals surface area contributed by atoms with Gasteiger partial charge >= 0.3 is 6.03 Å². The molecule has 36 heavy (non-hydrogen) atoms. The number of hydrogen-bond donors (Lipinski definition) is 2. The standard InChI is InChI=1S/C27H36N6O3/c1-22-20-29-21-32(22)14-6-11-30-27(34)33(23-7-4-3-5-8-23)24-9-10-25(26(19-24)35-2)36-18-17-31-15-12-28-13-16-31/h3-5,7-10,19-21,28H,6,11-18H2,1-2H3,(H,30,34). The number of carbonyl (C=O) groups is 1. The quantitative estimate of drug-likeness (QED) is 0.399. The molecule has 0 atom stereocenters. The van der Waals surface area contributed by atoms with Gasteiger partial charge in [0.2, 0.25) is 0 Å². The number of nitrogens with one attached hydrogen (secondary N) is 2. The Bertz CT molecular complexity index is 1100. The first-order valence-electron chi connectivity index (χ1n) is 12.5. The van der Waals surface area contributed by atoms with Crippen LogP contribution in [0.3, 0.4) is 0 Å². The topological polar surface area (TPSA) is 83.9 Å². The zero-order chi connectivity index (χ0) is 25.2. The van der Waals surface area contributed by atoms with E-state index in [4.69, 9.17) is 9.47 Å². The van der Waals surface area contributed by atoms with Crippen molar-refractivity contribution in [2.45, 2.75) is 19.9 Å². The maximum absolute atomic E-state index is 13.3. The SMILES string of the molecule is COc1cc(N(C(=O)NCCCn2cncc2C)c2ccccc2)ccc1OCCN1CCNCC1. The summed E-state index contributed by atoms with van der Waals surface area (Å²) in [4.78, 5) is 21.5. The molecule has 0 aliphatic carbocycles. The van der Waals surface area contributed by atoms with E-state index in [1.165, 1.54) is 0 Å². The molecule has 9 heteroatoms. The van der Waals surface area contributed by atoms with E-state index in [0.29, 0.717) is 30.3 Å². The Kier molecular flexibility index (Phi) is 9.18. The number of benzene rings is 2. The molecular formula is C27H36N6O3. The molecule has 0 radical (unpaired) electrons. The van der Waals surface area contributed by atoms with Gasteiger partial charge in [-0.25, -0.2) is 9.78 Å². The summed E-state index contributed by atoms with van der Waals surface area (Å²) < 4.78 is 13.7. The zero-order valence-corrected chi connectivity index (χ0v) is 21.2. The fourth-order valence-electron chi connectivity index (χ4n) is 4.24. The van der Waals surface area contributed by atoms with Crippen LogP contribution in [0.1, 0.15) is 12.1 Å². The predicted octanol–water partition coefficient (Wildman–Crippen LogP) is 3.42. The van der Waals surface area contributed by atoms with Crippen molar-refractivity contribution in [1.29, 1.82) is 0 Å². The van der Waals surface area contributed by atoms with Crippen molar-refractivity contribution < 1.29 is 14.3 Å². The summed E-state index contributed by atoms with van der Waals surface area (Å²) in [7, 11) is 1.62. The number of methoxy groups -OCH3 is 1. The predicted molar refractivity (Wildman–Crippen MR) is 141 cm³/mol. The van der Waals surface area contributed by atoms with E-state index in [9.17, 15) is 4.79 Å². The van der Waals surface area contributed by atoms with Crippen molar-refractivity contribution in [3.63, 3.8) is 0 Å². The van der Waals surface area contributed by atoms with Crippen LogP contribution in [0.5, 0.6) is 11.5 Å². The number of rotatable bonds is 11. The summed E-state index contributed by atoms with van der Waals surface area (Å²) in [6.07, 6.45) is 4.45. The van der Waals surface area contributed by atoms with Crippen LogP contribution in [0, 0.1) is 6.92 Å². The van der Waals surface area contributed by atoms with Gasteiger partial charge in [-0.1, -0.05) is 18.2 Å². The summed E-state index contributed by atoms with van der Waals surface area (Å²) in [6, 6.07) is 15.0. The van der Waals surface area contributed by atoms with Crippen LogP contribution in [0.25, 0.3) is 0 Å². The molecule has 0 saturated carbocycles. The van der Waals surface area contributed by atoms with E-state index in [-0.39, 0.29) is 6.03 Å². The number of anilines is 2. The molecule has 0 bridgehead atoms. The third-order valence-corrected chi connectivity index (χ3v) is 6.27. The number of aryl methyl sites for hydroxylation is 2. The zero-order valence-electron chi connectivity index (χ0n) is 21.2. The number of imidazole rings is 1. The number of hydrogen-bond acceptors (Lipinski definition) is 6. The maximum atomic E-state index is 13.3. The second-order valence-electron chi connectivity index (χ2n) is 8.76. The maximum Gasteiger partial charge on any atom is 0.326 e. The molecule has 1 aliphatic heterocycles. The Balaban J connectivity index is 1.42. The third-order valence-electron chi connectivity index (χ3n) is 6.27. The van der Waals surface area contributed by atoms with Crippen molar-refractivity contribution >= 4 is 17.4 Å². The molecule has 2 heterocycles. The molecule has 1 aliphatic rings. The van der Waals surface area contributed by atoms with Crippen molar-refractivity contribution in [3.05, 3.63) is 66.7 Å². The minimum absolute atomic E-state index is 0.196. The van der Waals surface area contributed by atoms with Crippen LogP contribution >= 0.6 is 0 Å². The van der Waals surface area contributed by atoms with Gasteiger partial charge in [0.05, 0.1) is 24.8 Å². The van der Waals surface area contributed by atoms with Crippen LogP contribution in [-0.4, -0.2) is 73.5 Å². The fourth-order valence-corrected chi connectivity index (χ4v) is 4.24. The lowest BCUT2D eigenvalue weighted by Crippen LogP contribution is -2.44. The smallest absolute Gasteiger partial charge is 0.326 e. The molecular weight excluding hydrogens is 456 g/mol. The van der Waals surface area contributed by atoms with Gasteiger partial charge in [0, 0.05) is 63.8 Å². The molecule has 0 spiro atoms. The average Bonchev–Trinajstić information content (AvgIpc) is 3.33. The van der Waals surface area contributed by atoms with Gasteiger partial charge in [-0.05, 0) is 37.6 Å². The van der Waals surface area contributed by atoms with E-state index >= 15 is 0 Å². The molecule has 1 fully saturated rings. The lowest BCUT2D eigenvalue weighted by Gasteiger charge is -2.27. The van der Waals surface area contributed by atoms with Crippen molar-refractivity contribution in [1.82, 2.24) is 25.1 Å². The molecule has 192 valence electrons. The third kappa shape index (κ3) is 6.77. The van der Waals surface area contributed by atoms with Crippen LogP contribution < -0.4 is 25.0 Å². The van der Waals surface area contributed by atoms with Crippen LogP contribution in [0.15, 0.2) is 61.1 Å². The molecule has 1 saturated heterocycles. The number of carbonyl (C=O) groups excluding carboxylic acids is 1. The number of nitrogens with zero attached hydrogens (tertiary/aromatic N) is 4. The van der Waals surface area contributed by atoms with Crippen molar-refractivity contribution in [2.75, 3.05) is 57.9 Å². The normalized spacial score (nSPS) is 13.8. The molecule has 2 amide bonds. The monoisotopic (exact) mass is 492 g/mol. The Hall–Kier alpha value is -3.56. The largest absolute Gasteiger partial charge is 0.493 e. The minimum atomic E-state index is -0.196. The van der Waals surface area contributed by atoms with Gasteiger partial charge in [-0.2, -0.15) is 0 Å². The number of ether oxygens (including phenoxy) is 2. The summed E-state index contributed by atoms with van der Waals surface area (Å²) in [5.74, 6) is 1.26. The van der Waals surface area contributed by atoms with Gasteiger partial charge in [0.1, 0.15) is 6.61 Å². The van der Waals surface area contributed by atoms with Crippen LogP contribution in [0.2, 0.25) is 0 Å². The van der Waals surface area contributed by atoms with Gasteiger partial charge in [0.15, 0.2) is 11.5 Å². The molecule has 3 aromatic rings. The molecule has 2 aromatic carbocycles. The Labute approximate surface area is 213 Å². The van der Waals surface area contributed by atoms with Gasteiger partial charge in [0.25, 0.3) is 0 Å². The van der Waals surface area contributed by atoms with E-state index < -0.39 is 0 Å². The second-order valence-corrected chi connectivity index (χ2v) is 8.76. The van der Waals surface area contributed by atoms with Crippen molar-refractivity contribution in [3.8, 4) is 11.5 Å². The first-order valence-corrected chi connectivity index (χ1v) is 12.5. The molecule has 0 unspecified atom stereocenters. The van der Waals surface area contributed by atoms with Crippen molar-refractivity contribution in [2.24, 2.45) is 0 Å². The first-order chi connectivity index (χ1) is 17.7. The Morgan fingerprint density at radius 2 is 1.89 bits per heavy atom. The lowest BCUT2D eigenvalue weighted by molar-refractivity contribution is 0.188. The van der Waals surface area contributed by atoms with E-state index in [1.54, 1.807) is 12.0 Å². The van der Waals surface area contributed by atoms with Crippen LogP contribution in [-0.2, 0) is 6.54 Å². The molecule has 4 rings (SSSR count). The number of aromatic nitrogens is 2. The summed E-state index contributed by atoms with van der Waals surface area (Å²) in [5, 5.41) is 6.42. The van der Waals surface area contributed by atoms with E-state index in [1.807, 2.05) is 68.0 Å². The number of para-hydroxylation sites is 1. The molecule has 2 N–H and O–H groups in total. The summed E-state index contributed by atoms with van der Waals surface area (Å²) in [5.41, 5.74) is 2.58. The summed E-state index contributed by atoms with van der Waals surface area (Å²) >= 11 is 0. The molecule has 1 aromatic heterocycles.